The van der Waals surface area contributed by atoms with Gasteiger partial charge in [0.25, 0.3) is 0 Å². The largest absolute Gasteiger partial charge is 0.480 e. The van der Waals surface area contributed by atoms with Crippen LogP contribution in [0.15, 0.2) is 24.3 Å². The van der Waals surface area contributed by atoms with Crippen molar-refractivity contribution in [2.24, 2.45) is 5.73 Å². The van der Waals surface area contributed by atoms with Crippen molar-refractivity contribution in [3.05, 3.63) is 34.9 Å². The van der Waals surface area contributed by atoms with Crippen LogP contribution < -0.4 is 5.73 Å². The molecule has 0 amide bonds. The number of hydrogen-bond acceptors (Lipinski definition) is 3. The number of piperidine rings is 1. The lowest BCUT2D eigenvalue weighted by Crippen LogP contribution is -2.47. The van der Waals surface area contributed by atoms with Crippen LogP contribution in [-0.4, -0.2) is 41.7 Å². The molecular formula is C13H17ClN2O2. The Labute approximate surface area is 111 Å². The van der Waals surface area contributed by atoms with Crippen molar-refractivity contribution >= 4 is 17.6 Å². The molecule has 2 rings (SSSR count). The Hall–Kier alpha value is -1.10. The summed E-state index contributed by atoms with van der Waals surface area (Å²) < 4.78 is 0. The van der Waals surface area contributed by atoms with Gasteiger partial charge in [-0.15, -0.1) is 0 Å². The number of carbonyl (C=O) groups is 1. The number of hydrogen-bond donors (Lipinski definition) is 2. The maximum absolute atomic E-state index is 10.8. The van der Waals surface area contributed by atoms with Gasteiger partial charge in [0.1, 0.15) is 0 Å². The average molecular weight is 269 g/mol. The van der Waals surface area contributed by atoms with Gasteiger partial charge < -0.3 is 10.8 Å². The second-order valence-corrected chi connectivity index (χ2v) is 5.27. The summed E-state index contributed by atoms with van der Waals surface area (Å²) in [5.74, 6) is -0.524. The van der Waals surface area contributed by atoms with Crippen LogP contribution in [0.2, 0.25) is 5.02 Å². The number of carboxylic acid groups (broad SMARTS) is 1. The summed E-state index contributed by atoms with van der Waals surface area (Å²) in [6.07, 6.45) is 0.887. The molecule has 2 unspecified atom stereocenters. The Kier molecular flexibility index (Phi) is 4.22. The van der Waals surface area contributed by atoms with Crippen molar-refractivity contribution in [1.82, 2.24) is 4.90 Å². The molecule has 0 radical (unpaired) electrons. The summed E-state index contributed by atoms with van der Waals surface area (Å²) in [5.41, 5.74) is 7.17. The van der Waals surface area contributed by atoms with E-state index in [0.29, 0.717) is 11.6 Å². The van der Waals surface area contributed by atoms with E-state index >= 15 is 0 Å². The van der Waals surface area contributed by atoms with E-state index < -0.39 is 5.97 Å². The predicted octanol–water partition coefficient (Wildman–Crippen LogP) is 1.54. The van der Waals surface area contributed by atoms with Gasteiger partial charge in [-0.2, -0.15) is 0 Å². The summed E-state index contributed by atoms with van der Waals surface area (Å²) in [6, 6.07) is 7.73. The second-order valence-electron chi connectivity index (χ2n) is 4.83. The Morgan fingerprint density at radius 3 is 2.67 bits per heavy atom. The van der Waals surface area contributed by atoms with Gasteiger partial charge in [0.2, 0.25) is 0 Å². The number of carboxylic acids is 1. The Morgan fingerprint density at radius 1 is 1.39 bits per heavy atom. The van der Waals surface area contributed by atoms with Gasteiger partial charge in [-0.05, 0) is 30.0 Å². The average Bonchev–Trinajstić information content (AvgIpc) is 2.28. The van der Waals surface area contributed by atoms with E-state index in [0.717, 1.165) is 13.0 Å². The molecule has 1 aromatic carbocycles. The maximum atomic E-state index is 10.8. The molecule has 0 bridgehead atoms. The van der Waals surface area contributed by atoms with Crippen molar-refractivity contribution in [2.75, 3.05) is 19.6 Å². The predicted molar refractivity (Wildman–Crippen MR) is 70.9 cm³/mol. The van der Waals surface area contributed by atoms with Crippen LogP contribution in [0.1, 0.15) is 17.9 Å². The van der Waals surface area contributed by atoms with E-state index in [2.05, 4.69) is 0 Å². The van der Waals surface area contributed by atoms with Gasteiger partial charge in [-0.25, -0.2) is 0 Å². The Bertz CT molecular complexity index is 422. The third-order valence-corrected chi connectivity index (χ3v) is 3.51. The fourth-order valence-corrected chi connectivity index (χ4v) is 2.66. The Morgan fingerprint density at radius 2 is 2.06 bits per heavy atom. The first-order valence-electron chi connectivity index (χ1n) is 6.00. The number of nitrogens with two attached hydrogens (primary N) is 1. The third-order valence-electron chi connectivity index (χ3n) is 3.26. The van der Waals surface area contributed by atoms with E-state index in [1.54, 1.807) is 0 Å². The van der Waals surface area contributed by atoms with Crippen molar-refractivity contribution < 1.29 is 9.90 Å². The summed E-state index contributed by atoms with van der Waals surface area (Å²) in [4.78, 5) is 12.7. The number of nitrogens with zero attached hydrogens (tertiary/aromatic N) is 1. The minimum Gasteiger partial charge on any atom is -0.480 e. The highest BCUT2D eigenvalue weighted by molar-refractivity contribution is 6.30. The van der Waals surface area contributed by atoms with Crippen LogP contribution in [0.5, 0.6) is 0 Å². The highest BCUT2D eigenvalue weighted by atomic mass is 35.5. The molecule has 1 aliphatic rings. The normalized spacial score (nSPS) is 25.0. The number of benzene rings is 1. The van der Waals surface area contributed by atoms with Crippen molar-refractivity contribution in [3.8, 4) is 0 Å². The molecule has 4 nitrogen and oxygen atoms in total. The summed E-state index contributed by atoms with van der Waals surface area (Å²) in [5, 5.41) is 9.55. The molecule has 18 heavy (non-hydrogen) atoms. The molecule has 2 atom stereocenters. The van der Waals surface area contributed by atoms with E-state index in [9.17, 15) is 4.79 Å². The van der Waals surface area contributed by atoms with Gasteiger partial charge >= 0.3 is 5.97 Å². The summed E-state index contributed by atoms with van der Waals surface area (Å²) in [7, 11) is 0. The topological polar surface area (TPSA) is 66.6 Å². The van der Waals surface area contributed by atoms with E-state index in [1.807, 2.05) is 29.2 Å². The molecular weight excluding hydrogens is 252 g/mol. The lowest BCUT2D eigenvalue weighted by molar-refractivity contribution is -0.138. The molecule has 1 fully saturated rings. The second kappa shape index (κ2) is 5.69. The van der Waals surface area contributed by atoms with Crippen LogP contribution in [-0.2, 0) is 4.79 Å². The Balaban J connectivity index is 2.08. The van der Waals surface area contributed by atoms with Crippen molar-refractivity contribution in [1.29, 1.82) is 0 Å². The van der Waals surface area contributed by atoms with Crippen LogP contribution >= 0.6 is 11.6 Å². The third kappa shape index (κ3) is 3.45. The molecule has 0 saturated carbocycles. The molecule has 5 heteroatoms. The molecule has 0 spiro atoms. The van der Waals surface area contributed by atoms with Crippen molar-refractivity contribution in [2.45, 2.75) is 18.4 Å². The highest BCUT2D eigenvalue weighted by Crippen LogP contribution is 2.27. The minimum absolute atomic E-state index is 0.0266. The molecule has 3 N–H and O–H groups in total. The summed E-state index contributed by atoms with van der Waals surface area (Å²) in [6.45, 7) is 1.44. The minimum atomic E-state index is -0.807. The lowest BCUT2D eigenvalue weighted by Gasteiger charge is -2.35. The SMILES string of the molecule is NC1CC(c2ccc(Cl)cc2)CN(CC(=O)O)C1. The van der Waals surface area contributed by atoms with Gasteiger partial charge in [0, 0.05) is 24.2 Å². The first-order valence-corrected chi connectivity index (χ1v) is 6.37. The van der Waals surface area contributed by atoms with Crippen molar-refractivity contribution in [3.63, 3.8) is 0 Å². The monoisotopic (exact) mass is 268 g/mol. The zero-order valence-electron chi connectivity index (χ0n) is 10.1. The molecule has 1 aliphatic heterocycles. The molecule has 1 aromatic rings. The zero-order chi connectivity index (χ0) is 13.1. The standard InChI is InChI=1S/C13H17ClN2O2/c14-11-3-1-9(2-4-11)10-5-12(15)7-16(6-10)8-13(17)18/h1-4,10,12H,5-8,15H2,(H,17,18). The fraction of sp³-hybridized carbons (Fsp3) is 0.462. The molecule has 0 aromatic heterocycles. The van der Waals surface area contributed by atoms with Crippen LogP contribution in [0, 0.1) is 0 Å². The first kappa shape index (κ1) is 13.3. The molecule has 1 saturated heterocycles. The van der Waals surface area contributed by atoms with Gasteiger partial charge in [-0.1, -0.05) is 23.7 Å². The van der Waals surface area contributed by atoms with Crippen LogP contribution in [0.25, 0.3) is 0 Å². The molecule has 0 aliphatic carbocycles. The fourth-order valence-electron chi connectivity index (χ4n) is 2.53. The highest BCUT2D eigenvalue weighted by Gasteiger charge is 2.27. The lowest BCUT2D eigenvalue weighted by atomic mass is 9.88. The number of halogens is 1. The van der Waals surface area contributed by atoms with Gasteiger partial charge in [0.05, 0.1) is 6.54 Å². The van der Waals surface area contributed by atoms with Crippen LogP contribution in [0.3, 0.4) is 0 Å². The molecule has 1 heterocycles. The summed E-state index contributed by atoms with van der Waals surface area (Å²) >= 11 is 5.86. The van der Waals surface area contributed by atoms with Gasteiger partial charge in [0.15, 0.2) is 0 Å². The number of rotatable bonds is 3. The zero-order valence-corrected chi connectivity index (χ0v) is 10.8. The van der Waals surface area contributed by atoms with E-state index in [1.165, 1.54) is 5.56 Å². The van der Waals surface area contributed by atoms with E-state index in [-0.39, 0.29) is 18.5 Å². The van der Waals surface area contributed by atoms with E-state index in [4.69, 9.17) is 22.4 Å². The maximum Gasteiger partial charge on any atom is 0.317 e. The number of aliphatic carboxylic acids is 1. The molecule has 98 valence electrons. The quantitative estimate of drug-likeness (QED) is 0.873. The first-order chi connectivity index (χ1) is 8.54. The van der Waals surface area contributed by atoms with Gasteiger partial charge in [-0.3, -0.25) is 9.69 Å². The van der Waals surface area contributed by atoms with Crippen LogP contribution in [0.4, 0.5) is 0 Å². The number of likely N-dealkylation sites (tertiary alicyclic amines) is 1. The smallest absolute Gasteiger partial charge is 0.317 e.